The molecule has 1 heterocycles. The molecular weight excluding hydrogens is 226 g/mol. The number of nitrogens with one attached hydrogen (secondary N) is 2. The van der Waals surface area contributed by atoms with Gasteiger partial charge in [0.05, 0.1) is 5.56 Å². The van der Waals surface area contributed by atoms with E-state index in [1.807, 2.05) is 0 Å². The van der Waals surface area contributed by atoms with Crippen LogP contribution in [0.5, 0.6) is 0 Å². The van der Waals surface area contributed by atoms with Gasteiger partial charge in [-0.15, -0.1) is 11.3 Å². The molecule has 6 heteroatoms. The Kier molecular flexibility index (Phi) is 4.94. The highest BCUT2D eigenvalue weighted by atomic mass is 32.1. The number of thiophene rings is 1. The van der Waals surface area contributed by atoms with Gasteiger partial charge in [0.25, 0.3) is 0 Å². The molecular formula is C10H15N3O2S. The Labute approximate surface area is 98.0 Å². The first-order valence-electron chi connectivity index (χ1n) is 4.92. The van der Waals surface area contributed by atoms with Gasteiger partial charge in [-0.1, -0.05) is 0 Å². The fourth-order valence-electron chi connectivity index (χ4n) is 1.14. The lowest BCUT2D eigenvalue weighted by Crippen LogP contribution is -2.29. The van der Waals surface area contributed by atoms with Crippen molar-refractivity contribution in [1.29, 1.82) is 0 Å². The fraction of sp³-hybridized carbons (Fsp3) is 0.400. The molecule has 1 aromatic heterocycles. The van der Waals surface area contributed by atoms with Crippen molar-refractivity contribution in [2.45, 2.75) is 13.5 Å². The van der Waals surface area contributed by atoms with Crippen molar-refractivity contribution < 1.29 is 9.59 Å². The van der Waals surface area contributed by atoms with E-state index in [0.29, 0.717) is 25.2 Å². The molecule has 16 heavy (non-hydrogen) atoms. The van der Waals surface area contributed by atoms with Crippen LogP contribution in [0.15, 0.2) is 11.4 Å². The van der Waals surface area contributed by atoms with Crippen LogP contribution in [0.3, 0.4) is 0 Å². The molecule has 5 nitrogen and oxygen atoms in total. The number of nitrogens with two attached hydrogens (primary N) is 1. The van der Waals surface area contributed by atoms with Gasteiger partial charge in [-0.3, -0.25) is 9.59 Å². The minimum atomic E-state index is -0.402. The fourth-order valence-corrected chi connectivity index (χ4v) is 1.98. The average molecular weight is 241 g/mol. The third-order valence-corrected chi connectivity index (χ3v) is 2.85. The summed E-state index contributed by atoms with van der Waals surface area (Å²) in [4.78, 5) is 22.4. The average Bonchev–Trinajstić information content (AvgIpc) is 2.65. The van der Waals surface area contributed by atoms with Gasteiger partial charge < -0.3 is 16.4 Å². The Morgan fingerprint density at radius 1 is 1.44 bits per heavy atom. The van der Waals surface area contributed by atoms with E-state index in [0.717, 1.165) is 4.88 Å². The monoisotopic (exact) mass is 241 g/mol. The number of rotatable bonds is 6. The molecule has 4 N–H and O–H groups in total. The molecule has 1 aromatic rings. The first-order chi connectivity index (χ1) is 7.59. The number of primary amides is 1. The highest BCUT2D eigenvalue weighted by Crippen LogP contribution is 2.13. The van der Waals surface area contributed by atoms with Gasteiger partial charge in [0.15, 0.2) is 0 Å². The summed E-state index contributed by atoms with van der Waals surface area (Å²) in [6.45, 7) is 3.46. The van der Waals surface area contributed by atoms with Gasteiger partial charge >= 0.3 is 0 Å². The minimum absolute atomic E-state index is 0.0334. The molecule has 0 aliphatic carbocycles. The molecule has 0 aromatic carbocycles. The summed E-state index contributed by atoms with van der Waals surface area (Å²) in [6.07, 6.45) is 0. The van der Waals surface area contributed by atoms with Crippen LogP contribution in [-0.4, -0.2) is 24.9 Å². The van der Waals surface area contributed by atoms with Crippen LogP contribution in [0.25, 0.3) is 0 Å². The smallest absolute Gasteiger partial charge is 0.249 e. The summed E-state index contributed by atoms with van der Waals surface area (Å²) < 4.78 is 0. The van der Waals surface area contributed by atoms with Crippen molar-refractivity contribution in [1.82, 2.24) is 10.6 Å². The van der Waals surface area contributed by atoms with E-state index in [1.54, 1.807) is 11.4 Å². The first kappa shape index (κ1) is 12.7. The maximum atomic E-state index is 10.8. The van der Waals surface area contributed by atoms with Gasteiger partial charge in [0.2, 0.25) is 11.8 Å². The molecule has 1 rings (SSSR count). The summed E-state index contributed by atoms with van der Waals surface area (Å²) in [5.41, 5.74) is 5.68. The largest absolute Gasteiger partial charge is 0.366 e. The Morgan fingerprint density at radius 2 is 2.19 bits per heavy atom. The van der Waals surface area contributed by atoms with Crippen LogP contribution in [0.1, 0.15) is 22.2 Å². The molecule has 0 saturated carbocycles. The summed E-state index contributed by atoms with van der Waals surface area (Å²) >= 11 is 1.49. The van der Waals surface area contributed by atoms with Crippen molar-refractivity contribution in [2.75, 3.05) is 13.1 Å². The molecule has 0 radical (unpaired) electrons. The highest BCUT2D eigenvalue weighted by molar-refractivity contribution is 7.10. The SMILES string of the molecule is CC(=O)NCCNCc1cc(C(N)=O)cs1. The molecule has 0 saturated heterocycles. The predicted molar refractivity (Wildman–Crippen MR) is 63.2 cm³/mol. The molecule has 2 amide bonds. The van der Waals surface area contributed by atoms with E-state index >= 15 is 0 Å². The van der Waals surface area contributed by atoms with Gasteiger partial charge in [-0.25, -0.2) is 0 Å². The van der Waals surface area contributed by atoms with Gasteiger partial charge in [0, 0.05) is 36.8 Å². The highest BCUT2D eigenvalue weighted by Gasteiger charge is 2.03. The maximum Gasteiger partial charge on any atom is 0.249 e. The van der Waals surface area contributed by atoms with Crippen molar-refractivity contribution in [3.63, 3.8) is 0 Å². The molecule has 0 aliphatic rings. The van der Waals surface area contributed by atoms with Crippen LogP contribution < -0.4 is 16.4 Å². The third kappa shape index (κ3) is 4.41. The van der Waals surface area contributed by atoms with Crippen molar-refractivity contribution in [3.8, 4) is 0 Å². The number of carbonyl (C=O) groups excluding carboxylic acids is 2. The van der Waals surface area contributed by atoms with E-state index in [4.69, 9.17) is 5.73 Å². The molecule has 0 aliphatic heterocycles. The molecule has 0 atom stereocenters. The Morgan fingerprint density at radius 3 is 2.75 bits per heavy atom. The third-order valence-electron chi connectivity index (χ3n) is 1.91. The van der Waals surface area contributed by atoms with E-state index in [2.05, 4.69) is 10.6 Å². The van der Waals surface area contributed by atoms with Gasteiger partial charge in [0.1, 0.15) is 0 Å². The lowest BCUT2D eigenvalue weighted by Gasteiger charge is -2.03. The number of carbonyl (C=O) groups is 2. The molecule has 0 spiro atoms. The van der Waals surface area contributed by atoms with E-state index in [9.17, 15) is 9.59 Å². The normalized spacial score (nSPS) is 10.1. The molecule has 88 valence electrons. The standard InChI is InChI=1S/C10H15N3O2S/c1-7(14)13-3-2-12-5-9-4-8(6-16-9)10(11)15/h4,6,12H,2-3,5H2,1H3,(H2,11,15)(H,13,14). The second-order valence-electron chi connectivity index (χ2n) is 3.33. The van der Waals surface area contributed by atoms with Crippen LogP contribution in [0, 0.1) is 0 Å². The topological polar surface area (TPSA) is 84.2 Å². The Balaban J connectivity index is 2.21. The second kappa shape index (κ2) is 6.24. The molecule has 0 bridgehead atoms. The second-order valence-corrected chi connectivity index (χ2v) is 4.32. The summed E-state index contributed by atoms with van der Waals surface area (Å²) in [5, 5.41) is 7.58. The number of hydrogen-bond acceptors (Lipinski definition) is 4. The van der Waals surface area contributed by atoms with Crippen LogP contribution in [0.2, 0.25) is 0 Å². The lowest BCUT2D eigenvalue weighted by atomic mass is 10.3. The summed E-state index contributed by atoms with van der Waals surface area (Å²) in [7, 11) is 0. The Bertz CT molecular complexity index is 376. The zero-order valence-electron chi connectivity index (χ0n) is 9.08. The van der Waals surface area contributed by atoms with Crippen LogP contribution in [0.4, 0.5) is 0 Å². The van der Waals surface area contributed by atoms with E-state index < -0.39 is 5.91 Å². The number of hydrogen-bond donors (Lipinski definition) is 3. The Hall–Kier alpha value is -1.40. The van der Waals surface area contributed by atoms with Crippen molar-refractivity contribution in [3.05, 3.63) is 21.9 Å². The quantitative estimate of drug-likeness (QED) is 0.616. The van der Waals surface area contributed by atoms with Crippen molar-refractivity contribution in [2.24, 2.45) is 5.73 Å². The molecule has 0 fully saturated rings. The van der Waals surface area contributed by atoms with Gasteiger partial charge in [-0.2, -0.15) is 0 Å². The first-order valence-corrected chi connectivity index (χ1v) is 5.80. The van der Waals surface area contributed by atoms with E-state index in [-0.39, 0.29) is 5.91 Å². The van der Waals surface area contributed by atoms with E-state index in [1.165, 1.54) is 18.3 Å². The molecule has 0 unspecified atom stereocenters. The summed E-state index contributed by atoms with van der Waals surface area (Å²) in [6, 6.07) is 1.78. The lowest BCUT2D eigenvalue weighted by molar-refractivity contribution is -0.118. The van der Waals surface area contributed by atoms with Crippen molar-refractivity contribution >= 4 is 23.2 Å². The zero-order chi connectivity index (χ0) is 12.0. The van der Waals surface area contributed by atoms with Crippen LogP contribution in [-0.2, 0) is 11.3 Å². The minimum Gasteiger partial charge on any atom is -0.366 e. The van der Waals surface area contributed by atoms with Gasteiger partial charge in [-0.05, 0) is 6.07 Å². The predicted octanol–water partition coefficient (Wildman–Crippen LogP) is 0.0727. The zero-order valence-corrected chi connectivity index (χ0v) is 9.89. The van der Waals surface area contributed by atoms with Crippen LogP contribution >= 0.6 is 11.3 Å². The number of amides is 2. The maximum absolute atomic E-state index is 10.8. The summed E-state index contributed by atoms with van der Waals surface area (Å²) in [5.74, 6) is -0.435.